The average molecular weight is 283 g/mol. The van der Waals surface area contributed by atoms with E-state index >= 15 is 0 Å². The van der Waals surface area contributed by atoms with Crippen LogP contribution in [0.3, 0.4) is 0 Å². The van der Waals surface area contributed by atoms with Crippen molar-refractivity contribution in [3.63, 3.8) is 0 Å². The Balaban J connectivity index is 1.88. The normalized spacial score (nSPS) is 12.7. The number of nitrogens with zero attached hydrogens (tertiary/aromatic N) is 1. The minimum Gasteiger partial charge on any atom is -0.375 e. The van der Waals surface area contributed by atoms with E-state index in [4.69, 9.17) is 0 Å². The van der Waals surface area contributed by atoms with E-state index in [0.717, 1.165) is 5.56 Å². The van der Waals surface area contributed by atoms with Crippen molar-refractivity contribution in [1.29, 1.82) is 0 Å². The van der Waals surface area contributed by atoms with Crippen molar-refractivity contribution in [2.24, 2.45) is 0 Å². The lowest BCUT2D eigenvalue weighted by Gasteiger charge is -2.09. The van der Waals surface area contributed by atoms with Gasteiger partial charge in [-0.3, -0.25) is 14.9 Å². The molecule has 0 aromatic heterocycles. The summed E-state index contributed by atoms with van der Waals surface area (Å²) in [6, 6.07) is 12.7. The molecule has 1 aliphatic heterocycles. The lowest BCUT2D eigenvalue weighted by Crippen LogP contribution is -2.04. The molecular weight excluding hydrogens is 270 g/mol. The van der Waals surface area contributed by atoms with Crippen LogP contribution in [-0.2, 0) is 17.8 Å². The van der Waals surface area contributed by atoms with Crippen LogP contribution >= 0.6 is 0 Å². The molecule has 2 aromatic rings. The third kappa shape index (κ3) is 2.69. The minimum absolute atomic E-state index is 0.0128. The maximum Gasteiger partial charge on any atom is 0.292 e. The van der Waals surface area contributed by atoms with Gasteiger partial charge in [0.15, 0.2) is 0 Å². The van der Waals surface area contributed by atoms with Crippen molar-refractivity contribution in [1.82, 2.24) is 0 Å². The number of nitrogens with one attached hydrogen (secondary N) is 2. The van der Waals surface area contributed by atoms with Gasteiger partial charge in [0.1, 0.15) is 5.69 Å². The molecule has 1 aliphatic rings. The Morgan fingerprint density at radius 3 is 2.71 bits per heavy atom. The third-order valence-corrected chi connectivity index (χ3v) is 3.37. The second-order valence-corrected chi connectivity index (χ2v) is 4.85. The number of carbonyl (C=O) groups excluding carboxylic acids is 1. The predicted molar refractivity (Wildman–Crippen MR) is 79.2 cm³/mol. The van der Waals surface area contributed by atoms with Crippen LogP contribution in [0.2, 0.25) is 0 Å². The fourth-order valence-corrected chi connectivity index (χ4v) is 2.35. The van der Waals surface area contributed by atoms with Crippen LogP contribution in [0.4, 0.5) is 17.1 Å². The van der Waals surface area contributed by atoms with Crippen LogP contribution in [0, 0.1) is 10.1 Å². The smallest absolute Gasteiger partial charge is 0.292 e. The van der Waals surface area contributed by atoms with Crippen molar-refractivity contribution < 1.29 is 9.72 Å². The van der Waals surface area contributed by atoms with Gasteiger partial charge in [-0.25, -0.2) is 0 Å². The van der Waals surface area contributed by atoms with Crippen LogP contribution in [0.1, 0.15) is 11.1 Å². The van der Waals surface area contributed by atoms with E-state index < -0.39 is 4.92 Å². The molecule has 0 bridgehead atoms. The number of benzene rings is 2. The third-order valence-electron chi connectivity index (χ3n) is 3.37. The summed E-state index contributed by atoms with van der Waals surface area (Å²) in [6.07, 6.45) is 0.190. The number of carbonyl (C=O) groups is 1. The van der Waals surface area contributed by atoms with Crippen molar-refractivity contribution in [2.75, 3.05) is 10.6 Å². The van der Waals surface area contributed by atoms with Crippen LogP contribution < -0.4 is 10.6 Å². The highest BCUT2D eigenvalue weighted by molar-refractivity contribution is 6.00. The van der Waals surface area contributed by atoms with E-state index in [-0.39, 0.29) is 18.0 Å². The van der Waals surface area contributed by atoms with Crippen LogP contribution in [0.15, 0.2) is 42.5 Å². The van der Waals surface area contributed by atoms with Gasteiger partial charge in [-0.15, -0.1) is 0 Å². The summed E-state index contributed by atoms with van der Waals surface area (Å²) in [5, 5.41) is 16.9. The van der Waals surface area contributed by atoms with Crippen molar-refractivity contribution in [2.45, 2.75) is 13.0 Å². The quantitative estimate of drug-likeness (QED) is 0.667. The van der Waals surface area contributed by atoms with Crippen LogP contribution in [0.5, 0.6) is 0 Å². The summed E-state index contributed by atoms with van der Waals surface area (Å²) >= 11 is 0. The second kappa shape index (κ2) is 5.24. The maximum atomic E-state index is 11.4. The van der Waals surface area contributed by atoms with E-state index in [9.17, 15) is 14.9 Å². The molecule has 0 aliphatic carbocycles. The van der Waals surface area contributed by atoms with Crippen molar-refractivity contribution >= 4 is 23.0 Å². The van der Waals surface area contributed by atoms with Gasteiger partial charge in [-0.1, -0.05) is 30.3 Å². The molecule has 1 amide bonds. The molecule has 0 radical (unpaired) electrons. The van der Waals surface area contributed by atoms with E-state index in [1.165, 1.54) is 6.07 Å². The number of hydrogen-bond acceptors (Lipinski definition) is 4. The molecule has 0 unspecified atom stereocenters. The standard InChI is InChI=1S/C15H13N3O3/c19-15-7-11-6-14(18(20)21)13(8-12(11)17-15)16-9-10-4-2-1-3-5-10/h1-6,8,16H,7,9H2,(H,17,19). The highest BCUT2D eigenvalue weighted by atomic mass is 16.6. The van der Waals surface area contributed by atoms with Crippen molar-refractivity contribution in [3.05, 3.63) is 63.7 Å². The average Bonchev–Trinajstić information content (AvgIpc) is 2.84. The molecule has 6 nitrogen and oxygen atoms in total. The molecule has 2 N–H and O–H groups in total. The molecule has 0 fully saturated rings. The first kappa shape index (κ1) is 13.1. The Kier molecular flexibility index (Phi) is 3.27. The van der Waals surface area contributed by atoms with E-state index in [2.05, 4.69) is 10.6 Å². The fraction of sp³-hybridized carbons (Fsp3) is 0.133. The van der Waals surface area contributed by atoms with Gasteiger partial charge in [0.05, 0.1) is 11.3 Å². The van der Waals surface area contributed by atoms with Gasteiger partial charge in [-0.05, 0) is 17.2 Å². The molecule has 2 aromatic carbocycles. The zero-order chi connectivity index (χ0) is 14.8. The molecule has 6 heteroatoms. The molecule has 106 valence electrons. The first-order valence-corrected chi connectivity index (χ1v) is 6.52. The number of nitro benzene ring substituents is 1. The van der Waals surface area contributed by atoms with Gasteiger partial charge < -0.3 is 10.6 Å². The summed E-state index contributed by atoms with van der Waals surface area (Å²) in [4.78, 5) is 22.1. The lowest BCUT2D eigenvalue weighted by atomic mass is 10.1. The van der Waals surface area contributed by atoms with E-state index in [1.54, 1.807) is 6.07 Å². The Morgan fingerprint density at radius 2 is 2.00 bits per heavy atom. The van der Waals surface area contributed by atoms with Gasteiger partial charge in [-0.2, -0.15) is 0 Å². The zero-order valence-electron chi connectivity index (χ0n) is 11.1. The monoisotopic (exact) mass is 283 g/mol. The maximum absolute atomic E-state index is 11.4. The predicted octanol–water partition coefficient (Wildman–Crippen LogP) is 2.70. The van der Waals surface area contributed by atoms with Gasteiger partial charge in [0, 0.05) is 18.3 Å². The first-order valence-electron chi connectivity index (χ1n) is 6.52. The topological polar surface area (TPSA) is 84.3 Å². The van der Waals surface area contributed by atoms with Crippen LogP contribution in [0.25, 0.3) is 0 Å². The summed E-state index contributed by atoms with van der Waals surface area (Å²) in [5.74, 6) is -0.139. The van der Waals surface area contributed by atoms with Gasteiger partial charge >= 0.3 is 0 Å². The lowest BCUT2D eigenvalue weighted by molar-refractivity contribution is -0.384. The number of anilines is 2. The molecule has 0 spiro atoms. The summed E-state index contributed by atoms with van der Waals surface area (Å²) < 4.78 is 0. The van der Waals surface area contributed by atoms with Gasteiger partial charge in [0.2, 0.25) is 5.91 Å². The second-order valence-electron chi connectivity index (χ2n) is 4.85. The number of hydrogen-bond donors (Lipinski definition) is 2. The number of rotatable bonds is 4. The van der Waals surface area contributed by atoms with E-state index in [1.807, 2.05) is 30.3 Å². The van der Waals surface area contributed by atoms with Crippen molar-refractivity contribution in [3.8, 4) is 0 Å². The Labute approximate surface area is 120 Å². The molecule has 1 heterocycles. The van der Waals surface area contributed by atoms with E-state index in [0.29, 0.717) is 23.5 Å². The molecule has 21 heavy (non-hydrogen) atoms. The Bertz CT molecular complexity index is 714. The molecular formula is C15H13N3O3. The van der Waals surface area contributed by atoms with Gasteiger partial charge in [0.25, 0.3) is 5.69 Å². The summed E-state index contributed by atoms with van der Waals surface area (Å²) in [6.45, 7) is 0.481. The number of amides is 1. The Hall–Kier alpha value is -2.89. The molecule has 0 saturated carbocycles. The highest BCUT2D eigenvalue weighted by Gasteiger charge is 2.24. The fourth-order valence-electron chi connectivity index (χ4n) is 2.35. The minimum atomic E-state index is -0.434. The zero-order valence-corrected chi connectivity index (χ0v) is 11.1. The molecule has 0 saturated heterocycles. The first-order chi connectivity index (χ1) is 10.1. The summed E-state index contributed by atoms with van der Waals surface area (Å²) in [7, 11) is 0. The van der Waals surface area contributed by atoms with Crippen LogP contribution in [-0.4, -0.2) is 10.8 Å². The SMILES string of the molecule is O=C1Cc2cc([N+](=O)[O-])c(NCc3ccccc3)cc2N1. The highest BCUT2D eigenvalue weighted by Crippen LogP contribution is 2.34. The molecule has 0 atom stereocenters. The number of nitro groups is 1. The Morgan fingerprint density at radius 1 is 1.24 bits per heavy atom. The summed E-state index contributed by atoms with van der Waals surface area (Å²) in [5.41, 5.74) is 2.72. The molecule has 3 rings (SSSR count). The number of fused-ring (bicyclic) bond motifs is 1. The largest absolute Gasteiger partial charge is 0.375 e.